The van der Waals surface area contributed by atoms with Gasteiger partial charge in [-0.2, -0.15) is 0 Å². The summed E-state index contributed by atoms with van der Waals surface area (Å²) in [5.74, 6) is 0. The first kappa shape index (κ1) is 8.84. The minimum Gasteiger partial charge on any atom is -0.0904 e. The monoisotopic (exact) mass is 460 g/mol. The highest BCUT2D eigenvalue weighted by Crippen LogP contribution is 2.51. The molecule has 0 N–H and O–H groups in total. The minimum atomic E-state index is -1.13. The van der Waals surface area contributed by atoms with Gasteiger partial charge < -0.3 is 0 Å². The number of hydrogen-bond acceptors (Lipinski definition) is 0. The summed E-state index contributed by atoms with van der Waals surface area (Å²) >= 11 is 7.22. The van der Waals surface area contributed by atoms with Gasteiger partial charge in [0.1, 0.15) is 0 Å². The van der Waals surface area contributed by atoms with E-state index in [1.165, 1.54) is 0 Å². The van der Waals surface area contributed by atoms with Crippen molar-refractivity contribution < 1.29 is 0 Å². The topological polar surface area (TPSA) is 0 Å². The molecule has 0 saturated heterocycles. The van der Waals surface area contributed by atoms with Crippen LogP contribution in [0.3, 0.4) is 0 Å². The van der Waals surface area contributed by atoms with E-state index in [1.54, 1.807) is 0 Å². The Labute approximate surface area is 76.1 Å². The Kier molecular flexibility index (Phi) is 3.28. The lowest BCUT2D eigenvalue weighted by Crippen LogP contribution is -1.87. The lowest BCUT2D eigenvalue weighted by atomic mass is 12.0. The highest BCUT2D eigenvalue weighted by molar-refractivity contribution is 14.5. The van der Waals surface area contributed by atoms with Crippen molar-refractivity contribution in [2.24, 2.45) is 0 Å². The fourth-order valence-corrected chi connectivity index (χ4v) is 0. The Bertz CT molecular complexity index is 88.5. The van der Waals surface area contributed by atoms with Crippen LogP contribution in [0.4, 0.5) is 0 Å². The molecule has 0 aromatic carbocycles. The largest absolute Gasteiger partial charge is 0.0904 e. The van der Waals surface area contributed by atoms with Crippen molar-refractivity contribution in [3.63, 3.8) is 0 Å². The van der Waals surface area contributed by atoms with Crippen LogP contribution in [-0.4, -0.2) is 6.26 Å². The van der Waals surface area contributed by atoms with E-state index in [0.717, 1.165) is 0 Å². The first-order valence-electron chi connectivity index (χ1n) is 1.08. The molecule has 0 aromatic heterocycles. The van der Waals surface area contributed by atoms with Gasteiger partial charge in [-0.1, -0.05) is 7.87 Å². The molecule has 0 saturated carbocycles. The second kappa shape index (κ2) is 2.22. The van der Waals surface area contributed by atoms with Crippen molar-refractivity contribution in [2.45, 2.75) is 0 Å². The second-order valence-electron chi connectivity index (χ2n) is 1.07. The van der Waals surface area contributed by atoms with Crippen LogP contribution in [0.2, 0.25) is 0 Å². The van der Waals surface area contributed by atoms with Gasteiger partial charge in [-0.3, -0.25) is 0 Å². The zero-order valence-corrected chi connectivity index (χ0v) is 11.3. The summed E-state index contributed by atoms with van der Waals surface area (Å²) in [6, 6.07) is 0. The van der Waals surface area contributed by atoms with Gasteiger partial charge in [0, 0.05) is 0 Å². The fourth-order valence-electron chi connectivity index (χ4n) is 0. The smallest absolute Gasteiger partial charge is 0.00730 e. The number of rotatable bonds is 0. The van der Waals surface area contributed by atoms with Crippen LogP contribution in [-0.2, 0) is -0.147 Å². The predicted octanol–water partition coefficient (Wildman–Crippen LogP) is 3.41. The third-order valence-corrected chi connectivity index (χ3v) is 0. The first-order chi connectivity index (χ1) is 2.24. The van der Waals surface area contributed by atoms with Gasteiger partial charge in [-0.15, -0.1) is 0 Å². The number of hydrogen-bond donors (Lipinski definition) is 0. The third-order valence-electron chi connectivity index (χ3n) is 0. The van der Waals surface area contributed by atoms with Gasteiger partial charge in [-0.05, 0) is 69.9 Å². The molecule has 0 radical (unpaired) electrons. The van der Waals surface area contributed by atoms with Gasteiger partial charge >= 0.3 is 0 Å². The van der Waals surface area contributed by atoms with Crippen LogP contribution in [0.25, 0.3) is 0 Å². The molecular formula is CH4I3PS. The highest BCUT2D eigenvalue weighted by Gasteiger charge is 2.07. The molecule has 0 fully saturated rings. The first-order valence-corrected chi connectivity index (χ1v) is 12.4. The van der Waals surface area contributed by atoms with E-state index in [-0.39, 0.29) is 0 Å². The van der Waals surface area contributed by atoms with Crippen molar-refractivity contribution in [2.75, 3.05) is 6.26 Å². The van der Waals surface area contributed by atoms with Crippen molar-refractivity contribution >= 4 is 71.5 Å². The maximum atomic E-state index is 3.59. The van der Waals surface area contributed by atoms with Crippen LogP contribution in [0.1, 0.15) is 0 Å². The van der Waals surface area contributed by atoms with Crippen molar-refractivity contribution in [3.8, 4) is 0 Å². The Balaban J connectivity index is 4.16. The SMILES string of the molecule is CS(=P)(I)(I)I. The van der Waals surface area contributed by atoms with Crippen molar-refractivity contribution in [1.82, 2.24) is 0 Å². The van der Waals surface area contributed by atoms with E-state index in [1.807, 2.05) is 0 Å². The summed E-state index contributed by atoms with van der Waals surface area (Å²) in [4.78, 5) is 0. The molecule has 0 aliphatic rings. The summed E-state index contributed by atoms with van der Waals surface area (Å²) < 4.78 is -1.13. The minimum absolute atomic E-state index is 1.13. The Morgan fingerprint density at radius 3 is 1.33 bits per heavy atom. The summed E-state index contributed by atoms with van der Waals surface area (Å²) in [6.07, 6.45) is 2.19. The molecule has 6 heavy (non-hydrogen) atoms. The van der Waals surface area contributed by atoms with E-state index < -0.39 is -0.147 Å². The average Bonchev–Trinajstić information content (AvgIpc) is 0.650. The molecule has 0 heterocycles. The summed E-state index contributed by atoms with van der Waals surface area (Å²) in [5.41, 5.74) is 0. The van der Waals surface area contributed by atoms with Crippen molar-refractivity contribution in [3.05, 3.63) is 0 Å². The van der Waals surface area contributed by atoms with Gasteiger partial charge in [-0.25, -0.2) is 0 Å². The van der Waals surface area contributed by atoms with Crippen LogP contribution in [0.5, 0.6) is 0 Å². The molecule has 5 heteroatoms. The molecular weight excluding hydrogens is 456 g/mol. The lowest BCUT2D eigenvalue weighted by molar-refractivity contribution is 2.53. The molecule has 0 nitrogen and oxygen atoms in total. The molecule has 0 spiro atoms. The van der Waals surface area contributed by atoms with E-state index in [9.17, 15) is 0 Å². The van der Waals surface area contributed by atoms with E-state index in [0.29, 0.717) is 0 Å². The molecule has 40 valence electrons. The number of halogens is 3. The van der Waals surface area contributed by atoms with Crippen LogP contribution >= 0.6 is 71.6 Å². The van der Waals surface area contributed by atoms with E-state index >= 15 is 0 Å². The molecule has 0 bridgehead atoms. The lowest BCUT2D eigenvalue weighted by Gasteiger charge is -2.17. The maximum Gasteiger partial charge on any atom is -0.00730 e. The molecule has 0 aromatic rings. The molecule has 0 atom stereocenters. The predicted molar refractivity (Wildman–Crippen MR) is 63.7 cm³/mol. The third kappa shape index (κ3) is 28.9. The normalized spacial score (nSPS) is 19.0. The van der Waals surface area contributed by atoms with Crippen LogP contribution in [0.15, 0.2) is 0 Å². The molecule has 0 rings (SSSR count). The van der Waals surface area contributed by atoms with Gasteiger partial charge in [0.05, 0.1) is 0 Å². The van der Waals surface area contributed by atoms with Crippen LogP contribution < -0.4 is 0 Å². The second-order valence-corrected chi connectivity index (χ2v) is 48.7. The summed E-state index contributed by atoms with van der Waals surface area (Å²) in [5, 5.41) is 0. The average molecular weight is 460 g/mol. The van der Waals surface area contributed by atoms with Crippen molar-refractivity contribution in [1.29, 1.82) is 0 Å². The Hall–Kier alpha value is 2.84. The molecule has 0 aliphatic carbocycles. The highest BCUT2D eigenvalue weighted by atomic mass is 127. The zero-order chi connectivity index (χ0) is 5.45. The van der Waals surface area contributed by atoms with E-state index in [2.05, 4.69) is 77.9 Å². The van der Waals surface area contributed by atoms with Gasteiger partial charge in [0.2, 0.25) is 0 Å². The van der Waals surface area contributed by atoms with Gasteiger partial charge in [0.15, 0.2) is 0 Å². The molecule has 0 unspecified atom stereocenters. The fraction of sp³-hybridized carbons (Fsp3) is 1.00. The van der Waals surface area contributed by atoms with Gasteiger partial charge in [0.25, 0.3) is 0 Å². The molecule has 0 aliphatic heterocycles. The van der Waals surface area contributed by atoms with E-state index in [4.69, 9.17) is 0 Å². The Morgan fingerprint density at radius 2 is 1.33 bits per heavy atom. The summed E-state index contributed by atoms with van der Waals surface area (Å²) in [7, 11) is 3.59. The summed E-state index contributed by atoms with van der Waals surface area (Å²) in [6.45, 7) is 0. The maximum absolute atomic E-state index is 3.59. The zero-order valence-electron chi connectivity index (χ0n) is 3.04. The Morgan fingerprint density at radius 1 is 1.33 bits per heavy atom. The van der Waals surface area contributed by atoms with Crippen LogP contribution in [0, 0.1) is 0 Å². The quantitative estimate of drug-likeness (QED) is 0.385. The molecule has 0 amide bonds. The standard InChI is InChI=1S/CH4I3PS/c1-6(2,3,4)5/h5H,1H3.